The summed E-state index contributed by atoms with van der Waals surface area (Å²) in [5, 5.41) is 4.05. The van der Waals surface area contributed by atoms with Crippen LogP contribution in [0.4, 0.5) is 0 Å². The summed E-state index contributed by atoms with van der Waals surface area (Å²) in [6.07, 6.45) is 3.15. The highest BCUT2D eigenvalue weighted by molar-refractivity contribution is 7.89. The van der Waals surface area contributed by atoms with Crippen molar-refractivity contribution in [2.75, 3.05) is 26.3 Å². The topological polar surface area (TPSA) is 111 Å². The Balaban J connectivity index is 1.48. The Morgan fingerprint density at radius 3 is 2.43 bits per heavy atom. The molecule has 1 spiro atoms. The van der Waals surface area contributed by atoms with E-state index in [1.54, 1.807) is 6.92 Å². The quantitative estimate of drug-likeness (QED) is 0.824. The van der Waals surface area contributed by atoms with Crippen LogP contribution in [-0.2, 0) is 19.5 Å². The van der Waals surface area contributed by atoms with E-state index < -0.39 is 15.8 Å². The molecule has 0 unspecified atom stereocenters. The smallest absolute Gasteiger partial charge is 0.261 e. The average molecular weight is 408 g/mol. The third kappa shape index (κ3) is 2.90. The van der Waals surface area contributed by atoms with Crippen molar-refractivity contribution < 1.29 is 22.4 Å². The Hall–Kier alpha value is -1.75. The molecule has 0 aromatic carbocycles. The molecule has 152 valence electrons. The number of ether oxygens (including phenoxy) is 2. The molecular weight excluding hydrogens is 384 g/mol. The van der Waals surface area contributed by atoms with Gasteiger partial charge in [0, 0.05) is 43.2 Å². The number of hydrogen-bond acceptors (Lipinski definition) is 7. The van der Waals surface area contributed by atoms with Gasteiger partial charge in [-0.3, -0.25) is 0 Å². The van der Waals surface area contributed by atoms with E-state index in [9.17, 15) is 8.42 Å². The van der Waals surface area contributed by atoms with Crippen LogP contribution >= 0.6 is 0 Å². The number of rotatable bonds is 4. The Morgan fingerprint density at radius 1 is 1.11 bits per heavy atom. The first-order valence-corrected chi connectivity index (χ1v) is 11.1. The zero-order chi connectivity index (χ0) is 19.5. The van der Waals surface area contributed by atoms with Crippen molar-refractivity contribution in [1.29, 1.82) is 0 Å². The maximum Gasteiger partial charge on any atom is 0.261 e. The minimum absolute atomic E-state index is 0.222. The Kier molecular flexibility index (Phi) is 4.17. The lowest BCUT2D eigenvalue weighted by molar-refractivity contribution is -0.179. The van der Waals surface area contributed by atoms with Crippen LogP contribution in [0.3, 0.4) is 0 Å². The number of nitrogens with one attached hydrogen (secondary N) is 1. The summed E-state index contributed by atoms with van der Waals surface area (Å²) in [7, 11) is -3.73. The molecule has 1 aliphatic carbocycles. The van der Waals surface area contributed by atoms with Gasteiger partial charge in [-0.1, -0.05) is 5.16 Å². The van der Waals surface area contributed by atoms with Gasteiger partial charge in [0.25, 0.3) is 5.89 Å². The normalized spacial score (nSPS) is 22.9. The van der Waals surface area contributed by atoms with Crippen LogP contribution in [0.2, 0.25) is 0 Å². The summed E-state index contributed by atoms with van der Waals surface area (Å²) >= 11 is 0. The first-order chi connectivity index (χ1) is 13.4. The second-order valence-corrected chi connectivity index (χ2v) is 9.70. The van der Waals surface area contributed by atoms with Gasteiger partial charge in [0.15, 0.2) is 11.6 Å². The van der Waals surface area contributed by atoms with E-state index >= 15 is 0 Å². The first kappa shape index (κ1) is 18.3. The molecule has 4 heterocycles. The summed E-state index contributed by atoms with van der Waals surface area (Å²) < 4.78 is 45.4. The number of hydrogen-bond donors (Lipinski definition) is 1. The third-order valence-corrected chi connectivity index (χ3v) is 7.88. The minimum atomic E-state index is -3.73. The Morgan fingerprint density at radius 2 is 1.79 bits per heavy atom. The van der Waals surface area contributed by atoms with Crippen molar-refractivity contribution >= 4 is 10.0 Å². The van der Waals surface area contributed by atoms with Crippen LogP contribution in [0.1, 0.15) is 48.8 Å². The molecule has 3 aliphatic rings. The first-order valence-electron chi connectivity index (χ1n) is 9.71. The monoisotopic (exact) mass is 408 g/mol. The molecule has 0 atom stereocenters. The van der Waals surface area contributed by atoms with Crippen LogP contribution < -0.4 is 0 Å². The van der Waals surface area contributed by atoms with Gasteiger partial charge in [0.1, 0.15) is 4.90 Å². The van der Waals surface area contributed by atoms with Crippen molar-refractivity contribution in [2.45, 2.75) is 56.1 Å². The summed E-state index contributed by atoms with van der Waals surface area (Å²) in [5.41, 5.74) is 1.76. The predicted molar refractivity (Wildman–Crippen MR) is 98.2 cm³/mol. The molecule has 2 saturated heterocycles. The Bertz CT molecular complexity index is 991. The molecule has 5 rings (SSSR count). The van der Waals surface area contributed by atoms with Crippen molar-refractivity contribution in [3.8, 4) is 11.5 Å². The number of piperidine rings is 1. The van der Waals surface area contributed by atoms with E-state index in [0.717, 1.165) is 12.8 Å². The van der Waals surface area contributed by atoms with Crippen LogP contribution in [0, 0.1) is 13.8 Å². The molecule has 1 N–H and O–H groups in total. The molecule has 9 nitrogen and oxygen atoms in total. The number of H-pyrrole nitrogens is 1. The number of nitrogens with zero attached hydrogens (tertiary/aromatic N) is 3. The van der Waals surface area contributed by atoms with E-state index in [1.807, 2.05) is 6.92 Å². The van der Waals surface area contributed by atoms with E-state index in [4.69, 9.17) is 14.0 Å². The molecule has 2 aliphatic heterocycles. The van der Waals surface area contributed by atoms with Gasteiger partial charge in [-0.15, -0.1) is 0 Å². The van der Waals surface area contributed by atoms with Crippen molar-refractivity contribution in [2.24, 2.45) is 0 Å². The van der Waals surface area contributed by atoms with Crippen molar-refractivity contribution in [3.63, 3.8) is 0 Å². The summed E-state index contributed by atoms with van der Waals surface area (Å²) in [6, 6.07) is 0. The lowest BCUT2D eigenvalue weighted by Crippen LogP contribution is -2.47. The maximum absolute atomic E-state index is 13.5. The van der Waals surface area contributed by atoms with E-state index in [2.05, 4.69) is 15.1 Å². The largest absolute Gasteiger partial charge is 0.361 e. The highest BCUT2D eigenvalue weighted by Gasteiger charge is 2.44. The predicted octanol–water partition coefficient (Wildman–Crippen LogP) is 2.09. The molecule has 3 fully saturated rings. The van der Waals surface area contributed by atoms with Crippen LogP contribution in [0.5, 0.6) is 0 Å². The van der Waals surface area contributed by atoms with Gasteiger partial charge in [-0.25, -0.2) is 8.42 Å². The molecular formula is C18H24N4O5S. The molecule has 0 amide bonds. The van der Waals surface area contributed by atoms with Gasteiger partial charge in [-0.05, 0) is 26.7 Å². The van der Waals surface area contributed by atoms with Crippen molar-refractivity contribution in [3.05, 3.63) is 17.2 Å². The van der Waals surface area contributed by atoms with Gasteiger partial charge < -0.3 is 19.0 Å². The zero-order valence-corrected chi connectivity index (χ0v) is 16.8. The standard InChI is InChI=1S/C18H24N4O5S/c1-11-14(17-20-16(21-27-17)13-3-4-13)15(12(2)19-11)28(23,24)22-7-5-18(6-8-22)25-9-10-26-18/h13,19H,3-10H2,1-2H3. The number of sulfonamides is 1. The highest BCUT2D eigenvalue weighted by atomic mass is 32.2. The van der Waals surface area contributed by atoms with Gasteiger partial charge in [0.05, 0.1) is 18.8 Å². The van der Waals surface area contributed by atoms with Gasteiger partial charge in [-0.2, -0.15) is 9.29 Å². The highest BCUT2D eigenvalue weighted by Crippen LogP contribution is 2.41. The Labute approximate surface area is 163 Å². The second kappa shape index (κ2) is 6.38. The van der Waals surface area contributed by atoms with E-state index in [-0.39, 0.29) is 10.8 Å². The van der Waals surface area contributed by atoms with Crippen LogP contribution in [-0.4, -0.2) is 59.9 Å². The van der Waals surface area contributed by atoms with Gasteiger partial charge in [0.2, 0.25) is 10.0 Å². The number of aryl methyl sites for hydroxylation is 2. The minimum Gasteiger partial charge on any atom is -0.361 e. The van der Waals surface area contributed by atoms with E-state index in [1.165, 1.54) is 4.31 Å². The maximum atomic E-state index is 13.5. The summed E-state index contributed by atoms with van der Waals surface area (Å²) in [5.74, 6) is 0.636. The molecule has 28 heavy (non-hydrogen) atoms. The fourth-order valence-electron chi connectivity index (χ4n) is 4.16. The van der Waals surface area contributed by atoms with Crippen LogP contribution in [0.25, 0.3) is 11.5 Å². The lowest BCUT2D eigenvalue weighted by Gasteiger charge is -2.36. The lowest BCUT2D eigenvalue weighted by atomic mass is 10.1. The molecule has 0 radical (unpaired) electrons. The third-order valence-electron chi connectivity index (χ3n) is 5.81. The van der Waals surface area contributed by atoms with Crippen molar-refractivity contribution in [1.82, 2.24) is 19.4 Å². The number of aromatic nitrogens is 3. The summed E-state index contributed by atoms with van der Waals surface area (Å²) in [4.78, 5) is 7.84. The van der Waals surface area contributed by atoms with Gasteiger partial charge >= 0.3 is 0 Å². The molecule has 2 aromatic heterocycles. The molecule has 2 aromatic rings. The molecule has 0 bridgehead atoms. The molecule has 10 heteroatoms. The van der Waals surface area contributed by atoms with Crippen LogP contribution in [0.15, 0.2) is 9.42 Å². The zero-order valence-electron chi connectivity index (χ0n) is 16.0. The SMILES string of the molecule is Cc1[nH]c(C)c(S(=O)(=O)N2CCC3(CC2)OCCO3)c1-c1nc(C2CC2)no1. The average Bonchev–Trinajstić information content (AvgIpc) is 3.08. The fraction of sp³-hybridized carbons (Fsp3) is 0.667. The molecule has 1 saturated carbocycles. The fourth-order valence-corrected chi connectivity index (χ4v) is 6.02. The number of aromatic amines is 1. The summed E-state index contributed by atoms with van der Waals surface area (Å²) in [6.45, 7) is 5.41. The second-order valence-electron chi connectivity index (χ2n) is 7.82. The van der Waals surface area contributed by atoms with E-state index in [0.29, 0.717) is 67.8 Å².